The van der Waals surface area contributed by atoms with Crippen LogP contribution in [0, 0.1) is 10.1 Å². The van der Waals surface area contributed by atoms with E-state index in [1.165, 1.54) is 0 Å². The van der Waals surface area contributed by atoms with Gasteiger partial charge in [-0.25, -0.2) is 0 Å². The van der Waals surface area contributed by atoms with E-state index in [1.54, 1.807) is 18.2 Å². The summed E-state index contributed by atoms with van der Waals surface area (Å²) in [6.45, 7) is 7.94. The van der Waals surface area contributed by atoms with Crippen LogP contribution in [-0.2, 0) is 9.53 Å². The van der Waals surface area contributed by atoms with Crippen molar-refractivity contribution in [2.45, 2.75) is 45.1 Å². The zero-order chi connectivity index (χ0) is 16.6. The molecule has 1 aromatic carbocycles. The molecule has 6 nitrogen and oxygen atoms in total. The molecule has 0 radical (unpaired) electrons. The largest absolute Gasteiger partial charge is 0.462 e. The molecule has 0 saturated carbocycles. The van der Waals surface area contributed by atoms with Gasteiger partial charge in [0.1, 0.15) is 5.60 Å². The van der Waals surface area contributed by atoms with Crippen molar-refractivity contribution >= 4 is 12.2 Å². The van der Waals surface area contributed by atoms with Crippen LogP contribution in [0.3, 0.4) is 0 Å². The van der Waals surface area contributed by atoms with E-state index >= 15 is 0 Å². The lowest BCUT2D eigenvalue weighted by Gasteiger charge is -2.22. The highest BCUT2D eigenvalue weighted by Crippen LogP contribution is 2.27. The summed E-state index contributed by atoms with van der Waals surface area (Å²) in [5, 5.41) is 13.9. The van der Waals surface area contributed by atoms with Crippen molar-refractivity contribution in [1.29, 1.82) is 0 Å². The Kier molecular flexibility index (Phi) is 6.98. The molecule has 1 fully saturated rings. The van der Waals surface area contributed by atoms with Gasteiger partial charge in [0.2, 0.25) is 0 Å². The number of nitro groups is 1. The molecule has 0 bridgehead atoms. The van der Waals surface area contributed by atoms with Crippen LogP contribution in [0.2, 0.25) is 0 Å². The third kappa shape index (κ3) is 6.67. The summed E-state index contributed by atoms with van der Waals surface area (Å²) in [7, 11) is 0. The van der Waals surface area contributed by atoms with E-state index in [0.29, 0.717) is 12.4 Å². The predicted octanol–water partition coefficient (Wildman–Crippen LogP) is 3.02. The third-order valence-electron chi connectivity index (χ3n) is 3.29. The van der Waals surface area contributed by atoms with Crippen molar-refractivity contribution in [2.24, 2.45) is 0 Å². The number of non-ortho nitro benzene ring substituents is 1. The van der Waals surface area contributed by atoms with E-state index in [1.807, 2.05) is 26.8 Å². The number of ether oxygens (including phenoxy) is 1. The monoisotopic (exact) mass is 308 g/mol. The Hall–Kier alpha value is -1.95. The first-order chi connectivity index (χ1) is 10.3. The van der Waals surface area contributed by atoms with Crippen molar-refractivity contribution in [3.8, 4) is 0 Å². The molecular weight excluding hydrogens is 284 g/mol. The lowest BCUT2D eigenvalue weighted by Crippen LogP contribution is -2.26. The first-order valence-corrected chi connectivity index (χ1v) is 7.40. The fourth-order valence-corrected chi connectivity index (χ4v) is 2.19. The smallest absolute Gasteiger partial charge is 0.293 e. The topological polar surface area (TPSA) is 81.5 Å². The molecule has 122 valence electrons. The predicted molar refractivity (Wildman–Crippen MR) is 84.8 cm³/mol. The summed E-state index contributed by atoms with van der Waals surface area (Å²) >= 11 is 0. The van der Waals surface area contributed by atoms with E-state index in [9.17, 15) is 14.9 Å². The van der Waals surface area contributed by atoms with Crippen molar-refractivity contribution in [1.82, 2.24) is 5.32 Å². The molecule has 0 aromatic heterocycles. The van der Waals surface area contributed by atoms with Gasteiger partial charge < -0.3 is 10.1 Å². The Bertz CT molecular complexity index is 491. The maximum Gasteiger partial charge on any atom is 0.293 e. The van der Waals surface area contributed by atoms with Gasteiger partial charge in [-0.2, -0.15) is 0 Å². The van der Waals surface area contributed by atoms with Crippen LogP contribution in [0.15, 0.2) is 24.3 Å². The third-order valence-corrected chi connectivity index (χ3v) is 3.29. The van der Waals surface area contributed by atoms with Crippen LogP contribution in [0.5, 0.6) is 0 Å². The zero-order valence-electron chi connectivity index (χ0n) is 13.4. The lowest BCUT2D eigenvalue weighted by molar-refractivity contribution is -0.384. The highest BCUT2D eigenvalue weighted by atomic mass is 16.6. The molecule has 2 rings (SSSR count). The molecule has 0 atom stereocenters. The van der Waals surface area contributed by atoms with Crippen LogP contribution in [0.4, 0.5) is 5.69 Å². The standard InChI is InChI=1S/C11H14N2O2.C5H10O2/c14-13(15)11-3-1-2-10(8-11)9-4-6-12-7-5-9;1-5(2,3)7-4-6/h1-3,8-9,12H,4-7H2;4H,1-3H3. The molecule has 0 aliphatic carbocycles. The first kappa shape index (κ1) is 18.1. The highest BCUT2D eigenvalue weighted by molar-refractivity contribution is 5.38. The number of nitrogens with one attached hydrogen (secondary N) is 1. The molecule has 0 amide bonds. The Balaban J connectivity index is 0.000000295. The van der Waals surface area contributed by atoms with E-state index in [-0.39, 0.29) is 16.2 Å². The molecule has 6 heteroatoms. The quantitative estimate of drug-likeness (QED) is 0.527. The first-order valence-electron chi connectivity index (χ1n) is 7.40. The van der Waals surface area contributed by atoms with Crippen molar-refractivity contribution in [3.05, 3.63) is 39.9 Å². The number of carbonyl (C=O) groups excluding carboxylic acids is 1. The summed E-state index contributed by atoms with van der Waals surface area (Å²) in [6, 6.07) is 7.01. The summed E-state index contributed by atoms with van der Waals surface area (Å²) in [4.78, 5) is 19.9. The SMILES string of the molecule is CC(C)(C)OC=O.O=[N+]([O-])c1cccc(C2CCNCC2)c1. The number of nitrogens with zero attached hydrogens (tertiary/aromatic N) is 1. The van der Waals surface area contributed by atoms with Crippen LogP contribution < -0.4 is 5.32 Å². The maximum atomic E-state index is 10.6. The molecule has 0 unspecified atom stereocenters. The summed E-state index contributed by atoms with van der Waals surface area (Å²) in [5.74, 6) is 0.478. The Morgan fingerprint density at radius 1 is 1.32 bits per heavy atom. The van der Waals surface area contributed by atoms with Gasteiger partial charge in [-0.3, -0.25) is 14.9 Å². The summed E-state index contributed by atoms with van der Waals surface area (Å²) in [6.07, 6.45) is 2.14. The van der Waals surface area contributed by atoms with E-state index in [0.717, 1.165) is 31.5 Å². The van der Waals surface area contributed by atoms with E-state index < -0.39 is 0 Å². The fraction of sp³-hybridized carbons (Fsp3) is 0.562. The molecule has 1 saturated heterocycles. The fourth-order valence-electron chi connectivity index (χ4n) is 2.19. The Labute approximate surface area is 131 Å². The second-order valence-electron chi connectivity index (χ2n) is 6.20. The molecule has 1 aromatic rings. The molecule has 22 heavy (non-hydrogen) atoms. The van der Waals surface area contributed by atoms with E-state index in [2.05, 4.69) is 10.1 Å². The van der Waals surface area contributed by atoms with Gasteiger partial charge in [0.15, 0.2) is 0 Å². The van der Waals surface area contributed by atoms with Gasteiger partial charge in [0, 0.05) is 12.1 Å². The number of benzene rings is 1. The van der Waals surface area contributed by atoms with Crippen LogP contribution in [-0.4, -0.2) is 30.1 Å². The zero-order valence-corrected chi connectivity index (χ0v) is 13.4. The van der Waals surface area contributed by atoms with Crippen LogP contribution in [0.25, 0.3) is 0 Å². The van der Waals surface area contributed by atoms with Gasteiger partial charge in [-0.1, -0.05) is 12.1 Å². The minimum absolute atomic E-state index is 0.200. The number of hydrogen-bond acceptors (Lipinski definition) is 5. The highest BCUT2D eigenvalue weighted by Gasteiger charge is 2.17. The molecule has 1 aliphatic rings. The minimum atomic E-state index is -0.329. The molecular formula is C16H24N2O4. The van der Waals surface area contributed by atoms with Crippen molar-refractivity contribution in [3.63, 3.8) is 0 Å². The molecule has 1 aliphatic heterocycles. The summed E-state index contributed by atoms with van der Waals surface area (Å²) < 4.78 is 4.55. The van der Waals surface area contributed by atoms with Gasteiger partial charge in [-0.05, 0) is 58.2 Å². The minimum Gasteiger partial charge on any atom is -0.462 e. The van der Waals surface area contributed by atoms with Crippen molar-refractivity contribution in [2.75, 3.05) is 13.1 Å². The Morgan fingerprint density at radius 3 is 2.41 bits per heavy atom. The Morgan fingerprint density at radius 2 is 1.95 bits per heavy atom. The molecule has 0 spiro atoms. The van der Waals surface area contributed by atoms with Gasteiger partial charge in [0.25, 0.3) is 12.2 Å². The average Bonchev–Trinajstić information content (AvgIpc) is 2.48. The van der Waals surface area contributed by atoms with Gasteiger partial charge in [0.05, 0.1) is 4.92 Å². The second kappa shape index (κ2) is 8.48. The maximum absolute atomic E-state index is 10.6. The lowest BCUT2D eigenvalue weighted by atomic mass is 9.90. The number of piperidine rings is 1. The van der Waals surface area contributed by atoms with Crippen LogP contribution in [0.1, 0.15) is 45.1 Å². The van der Waals surface area contributed by atoms with Gasteiger partial charge in [-0.15, -0.1) is 0 Å². The number of carbonyl (C=O) groups is 1. The number of rotatable bonds is 3. The second-order valence-corrected chi connectivity index (χ2v) is 6.20. The van der Waals surface area contributed by atoms with Gasteiger partial charge >= 0.3 is 0 Å². The van der Waals surface area contributed by atoms with Crippen molar-refractivity contribution < 1.29 is 14.5 Å². The van der Waals surface area contributed by atoms with E-state index in [4.69, 9.17) is 0 Å². The average molecular weight is 308 g/mol. The molecule has 1 N–H and O–H groups in total. The normalized spacial score (nSPS) is 15.4. The number of hydrogen-bond donors (Lipinski definition) is 1. The summed E-state index contributed by atoms with van der Waals surface area (Å²) in [5.41, 5.74) is 0.985. The number of nitro benzene ring substituents is 1. The van der Waals surface area contributed by atoms with Crippen LogP contribution >= 0.6 is 0 Å². The molecule has 1 heterocycles.